The van der Waals surface area contributed by atoms with E-state index in [2.05, 4.69) is 56.9 Å². The Morgan fingerprint density at radius 3 is 2.47 bits per heavy atom. The molecule has 1 fully saturated rings. The van der Waals surface area contributed by atoms with Crippen LogP contribution in [0.1, 0.15) is 66.5 Å². The fourth-order valence-electron chi connectivity index (χ4n) is 5.77. The minimum atomic E-state index is -0.597. The fraction of sp³-hybridized carbons (Fsp3) is 0.519. The lowest BCUT2D eigenvalue weighted by Gasteiger charge is -2.29. The summed E-state index contributed by atoms with van der Waals surface area (Å²) < 4.78 is 12.0. The number of hydrogen-bond acceptors (Lipinski definition) is 5. The van der Waals surface area contributed by atoms with E-state index in [-0.39, 0.29) is 24.1 Å². The van der Waals surface area contributed by atoms with Gasteiger partial charge in [-0.25, -0.2) is 0 Å². The molecule has 2 aromatic rings. The van der Waals surface area contributed by atoms with Crippen molar-refractivity contribution in [3.05, 3.63) is 57.6 Å². The minimum absolute atomic E-state index is 0.104. The molecule has 3 aliphatic rings. The molecule has 0 amide bonds. The average molecular weight is 436 g/mol. The highest BCUT2D eigenvalue weighted by Crippen LogP contribution is 2.47. The number of benzene rings is 2. The van der Waals surface area contributed by atoms with Gasteiger partial charge in [0.1, 0.15) is 17.5 Å². The van der Waals surface area contributed by atoms with Gasteiger partial charge in [-0.15, -0.1) is 0 Å². The van der Waals surface area contributed by atoms with Crippen LogP contribution in [0.2, 0.25) is 0 Å². The number of anilines is 1. The molecule has 0 bridgehead atoms. The Labute approximate surface area is 190 Å². The van der Waals surface area contributed by atoms with Crippen molar-refractivity contribution in [3.8, 4) is 5.75 Å². The van der Waals surface area contributed by atoms with E-state index in [9.17, 15) is 9.90 Å². The maximum absolute atomic E-state index is 11.8. The Hall–Kier alpha value is -2.53. The zero-order valence-electron chi connectivity index (χ0n) is 19.5. The highest BCUT2D eigenvalue weighted by molar-refractivity contribution is 5.72. The van der Waals surface area contributed by atoms with Gasteiger partial charge in [-0.3, -0.25) is 4.79 Å². The third kappa shape index (κ3) is 3.77. The zero-order valence-corrected chi connectivity index (χ0v) is 19.5. The number of esters is 1. The van der Waals surface area contributed by atoms with E-state index < -0.39 is 6.10 Å². The van der Waals surface area contributed by atoms with Crippen LogP contribution in [0.3, 0.4) is 0 Å². The van der Waals surface area contributed by atoms with Crippen LogP contribution in [-0.4, -0.2) is 28.9 Å². The number of rotatable bonds is 4. The molecule has 1 saturated heterocycles. The van der Waals surface area contributed by atoms with Crippen molar-refractivity contribution in [2.24, 2.45) is 0 Å². The first-order chi connectivity index (χ1) is 15.2. The van der Waals surface area contributed by atoms with Crippen LogP contribution in [0.15, 0.2) is 24.3 Å². The van der Waals surface area contributed by atoms with Gasteiger partial charge in [-0.05, 0) is 68.4 Å². The summed E-state index contributed by atoms with van der Waals surface area (Å²) in [5.41, 5.74) is 8.99. The lowest BCUT2D eigenvalue weighted by molar-refractivity contribution is -0.160. The summed E-state index contributed by atoms with van der Waals surface area (Å²) >= 11 is 0. The van der Waals surface area contributed by atoms with Gasteiger partial charge in [0.2, 0.25) is 0 Å². The number of aliphatic hydroxyl groups excluding tert-OH is 1. The molecular weight excluding hydrogens is 402 g/mol. The molecule has 3 heterocycles. The van der Waals surface area contributed by atoms with E-state index in [0.29, 0.717) is 12.8 Å². The number of ether oxygens (including phenoxy) is 2. The van der Waals surface area contributed by atoms with Crippen LogP contribution in [0, 0.1) is 13.8 Å². The summed E-state index contributed by atoms with van der Waals surface area (Å²) in [7, 11) is 0. The second-order valence-corrected chi connectivity index (χ2v) is 10.3. The minimum Gasteiger partial charge on any atom is -0.487 e. The molecule has 5 heteroatoms. The molecule has 0 radical (unpaired) electrons. The third-order valence-corrected chi connectivity index (χ3v) is 7.25. The quantitative estimate of drug-likeness (QED) is 0.715. The second-order valence-electron chi connectivity index (χ2n) is 10.3. The van der Waals surface area contributed by atoms with Crippen LogP contribution >= 0.6 is 0 Å². The summed E-state index contributed by atoms with van der Waals surface area (Å²) in [6, 6.07) is 8.69. The number of carbonyl (C=O) groups excluding carboxylic acids is 1. The molecule has 2 atom stereocenters. The van der Waals surface area contributed by atoms with E-state index in [0.717, 1.165) is 31.7 Å². The van der Waals surface area contributed by atoms with Crippen molar-refractivity contribution < 1.29 is 19.4 Å². The molecule has 5 nitrogen and oxygen atoms in total. The van der Waals surface area contributed by atoms with Gasteiger partial charge in [0, 0.05) is 37.2 Å². The lowest BCUT2D eigenvalue weighted by Crippen LogP contribution is -2.32. The fourth-order valence-corrected chi connectivity index (χ4v) is 5.77. The predicted octanol–water partition coefficient (Wildman–Crippen LogP) is 4.54. The highest BCUT2D eigenvalue weighted by Gasteiger charge is 2.37. The smallest absolute Gasteiger partial charge is 0.308 e. The Morgan fingerprint density at radius 2 is 1.81 bits per heavy atom. The second kappa shape index (κ2) is 7.80. The largest absolute Gasteiger partial charge is 0.487 e. The maximum Gasteiger partial charge on any atom is 0.308 e. The number of hydrogen-bond donors (Lipinski definition) is 1. The third-order valence-electron chi connectivity index (χ3n) is 7.25. The maximum atomic E-state index is 11.8. The summed E-state index contributed by atoms with van der Waals surface area (Å²) in [5.74, 6) is 0.723. The van der Waals surface area contributed by atoms with E-state index in [1.54, 1.807) is 0 Å². The van der Waals surface area contributed by atoms with E-state index in [1.165, 1.54) is 39.1 Å². The molecule has 0 aliphatic carbocycles. The lowest BCUT2D eigenvalue weighted by atomic mass is 9.89. The predicted molar refractivity (Wildman–Crippen MR) is 124 cm³/mol. The van der Waals surface area contributed by atoms with Crippen LogP contribution in [-0.2, 0) is 35.5 Å². The summed E-state index contributed by atoms with van der Waals surface area (Å²) in [5, 5.41) is 10.0. The number of fused-ring (bicyclic) bond motifs is 2. The first kappa shape index (κ1) is 21.3. The Morgan fingerprint density at radius 1 is 1.12 bits per heavy atom. The highest BCUT2D eigenvalue weighted by atomic mass is 16.5. The van der Waals surface area contributed by atoms with Crippen molar-refractivity contribution in [1.29, 1.82) is 0 Å². The normalized spacial score (nSPS) is 23.5. The molecule has 170 valence electrons. The molecular formula is C27H33NO4. The van der Waals surface area contributed by atoms with Gasteiger partial charge in [0.25, 0.3) is 0 Å². The molecule has 5 rings (SSSR count). The van der Waals surface area contributed by atoms with Crippen molar-refractivity contribution >= 4 is 11.7 Å². The Balaban J connectivity index is 1.50. The van der Waals surface area contributed by atoms with Crippen LogP contribution in [0.4, 0.5) is 5.69 Å². The monoisotopic (exact) mass is 435 g/mol. The molecule has 0 unspecified atom stereocenters. The van der Waals surface area contributed by atoms with Gasteiger partial charge >= 0.3 is 5.97 Å². The molecule has 2 aromatic carbocycles. The van der Waals surface area contributed by atoms with Gasteiger partial charge in [-0.2, -0.15) is 0 Å². The van der Waals surface area contributed by atoms with Crippen LogP contribution in [0.5, 0.6) is 5.75 Å². The summed E-state index contributed by atoms with van der Waals surface area (Å²) in [6.45, 7) is 10.6. The number of carbonyl (C=O) groups is 1. The zero-order chi connectivity index (χ0) is 22.6. The van der Waals surface area contributed by atoms with Crippen LogP contribution in [0.25, 0.3) is 0 Å². The van der Waals surface area contributed by atoms with Gasteiger partial charge in [0.15, 0.2) is 0 Å². The van der Waals surface area contributed by atoms with Crippen LogP contribution < -0.4 is 9.64 Å². The summed E-state index contributed by atoms with van der Waals surface area (Å²) in [4.78, 5) is 14.3. The SMILES string of the molecule is Cc1c(CC[C@@H]2C[C@@H](O)CC(=O)O2)c2c(c(C)c1N1Cc3ccccc3C1)CC(C)(C)O2. The van der Waals surface area contributed by atoms with Gasteiger partial charge < -0.3 is 19.5 Å². The average Bonchev–Trinajstić information content (AvgIpc) is 3.27. The number of aliphatic hydroxyl groups is 1. The van der Waals surface area contributed by atoms with Gasteiger partial charge in [-0.1, -0.05) is 24.3 Å². The first-order valence-corrected chi connectivity index (χ1v) is 11.7. The summed E-state index contributed by atoms with van der Waals surface area (Å²) in [6.07, 6.45) is 2.14. The molecule has 3 aliphatic heterocycles. The van der Waals surface area contributed by atoms with Crippen molar-refractivity contribution in [1.82, 2.24) is 0 Å². The number of nitrogens with zero attached hydrogens (tertiary/aromatic N) is 1. The Kier molecular flexibility index (Phi) is 5.20. The molecule has 0 spiro atoms. The number of cyclic esters (lactones) is 1. The first-order valence-electron chi connectivity index (χ1n) is 11.7. The van der Waals surface area contributed by atoms with E-state index in [1.807, 2.05) is 0 Å². The van der Waals surface area contributed by atoms with E-state index >= 15 is 0 Å². The van der Waals surface area contributed by atoms with E-state index in [4.69, 9.17) is 9.47 Å². The van der Waals surface area contributed by atoms with Crippen molar-refractivity contribution in [2.75, 3.05) is 4.90 Å². The molecule has 0 saturated carbocycles. The standard InChI is InChI=1S/C27H33NO4/c1-16-22(10-9-21-11-20(29)12-24(30)31-21)26-23(13-27(3,4)32-26)17(2)25(16)28-14-18-7-5-6-8-19(18)15-28/h5-8,20-21,29H,9-15H2,1-4H3/t20-,21-/m1/s1. The van der Waals surface area contributed by atoms with Crippen molar-refractivity contribution in [2.45, 2.75) is 90.7 Å². The van der Waals surface area contributed by atoms with Gasteiger partial charge in [0.05, 0.1) is 12.5 Å². The molecule has 0 aromatic heterocycles. The Bertz CT molecular complexity index is 1050. The topological polar surface area (TPSA) is 59.0 Å². The molecule has 1 N–H and O–H groups in total. The van der Waals surface area contributed by atoms with Crippen molar-refractivity contribution in [3.63, 3.8) is 0 Å². The molecule has 32 heavy (non-hydrogen) atoms.